The van der Waals surface area contributed by atoms with Crippen molar-refractivity contribution in [2.45, 2.75) is 12.5 Å². The van der Waals surface area contributed by atoms with Gasteiger partial charge < -0.3 is 15.6 Å². The molecule has 0 aliphatic rings. The number of carbonyl (C=O) groups is 1. The second-order valence-corrected chi connectivity index (χ2v) is 5.46. The van der Waals surface area contributed by atoms with E-state index in [0.717, 1.165) is 20.9 Å². The third-order valence-electron chi connectivity index (χ3n) is 2.93. The van der Waals surface area contributed by atoms with Gasteiger partial charge in [-0.3, -0.25) is 4.79 Å². The Morgan fingerprint density at radius 2 is 2.22 bits per heavy atom. The number of hydrogen-bond acceptors (Lipinski definition) is 2. The molecule has 1 atom stereocenters. The Balaban J connectivity index is 2.27. The molecule has 1 heterocycles. The van der Waals surface area contributed by atoms with E-state index in [1.165, 1.54) is 4.90 Å². The molecular weight excluding hydrogens is 294 g/mol. The van der Waals surface area contributed by atoms with Crippen molar-refractivity contribution in [1.82, 2.24) is 9.88 Å². The molecule has 3 N–H and O–H groups in total. The van der Waals surface area contributed by atoms with Gasteiger partial charge in [0.2, 0.25) is 5.91 Å². The summed E-state index contributed by atoms with van der Waals surface area (Å²) in [5.41, 5.74) is 8.04. The van der Waals surface area contributed by atoms with Crippen LogP contribution in [0.25, 0.3) is 10.9 Å². The third kappa shape index (κ3) is 2.57. The zero-order valence-electron chi connectivity index (χ0n) is 10.4. The van der Waals surface area contributed by atoms with Crippen LogP contribution in [-0.4, -0.2) is 35.9 Å². The van der Waals surface area contributed by atoms with Gasteiger partial charge in [-0.2, -0.15) is 0 Å². The third-order valence-corrected chi connectivity index (χ3v) is 3.42. The fourth-order valence-corrected chi connectivity index (χ4v) is 2.34. The maximum atomic E-state index is 11.8. The summed E-state index contributed by atoms with van der Waals surface area (Å²) in [5.74, 6) is -0.0562. The summed E-state index contributed by atoms with van der Waals surface area (Å²) in [5, 5.41) is 1.10. The summed E-state index contributed by atoms with van der Waals surface area (Å²) in [6.07, 6.45) is 2.45. The van der Waals surface area contributed by atoms with Crippen molar-refractivity contribution in [1.29, 1.82) is 0 Å². The molecule has 0 fully saturated rings. The summed E-state index contributed by atoms with van der Waals surface area (Å²) in [7, 11) is 3.43. The van der Waals surface area contributed by atoms with Gasteiger partial charge in [0.05, 0.1) is 6.04 Å². The zero-order valence-corrected chi connectivity index (χ0v) is 12.0. The summed E-state index contributed by atoms with van der Waals surface area (Å²) >= 11 is 3.45. The van der Waals surface area contributed by atoms with Crippen molar-refractivity contribution < 1.29 is 4.79 Å². The average molecular weight is 310 g/mol. The standard InChI is InChI=1S/C13H16BrN3O/c1-17(2)13(18)11(15)5-8-7-16-12-4-3-9(14)6-10(8)12/h3-4,6-7,11,16H,5,15H2,1-2H3/t11-/m1/s1. The molecule has 0 aliphatic carbocycles. The Labute approximate surface area is 114 Å². The van der Waals surface area contributed by atoms with E-state index in [2.05, 4.69) is 20.9 Å². The van der Waals surface area contributed by atoms with Crippen molar-refractivity contribution in [3.63, 3.8) is 0 Å². The molecule has 2 rings (SSSR count). The van der Waals surface area contributed by atoms with Gasteiger partial charge in [-0.25, -0.2) is 0 Å². The molecule has 1 amide bonds. The Morgan fingerprint density at radius 3 is 2.89 bits per heavy atom. The average Bonchev–Trinajstić information content (AvgIpc) is 2.70. The molecule has 0 bridgehead atoms. The number of likely N-dealkylation sites (N-methyl/N-ethyl adjacent to an activating group) is 1. The number of benzene rings is 1. The predicted octanol–water partition coefficient (Wildman–Crippen LogP) is 1.89. The van der Waals surface area contributed by atoms with Crippen LogP contribution >= 0.6 is 15.9 Å². The van der Waals surface area contributed by atoms with E-state index in [1.807, 2.05) is 24.4 Å². The van der Waals surface area contributed by atoms with Gasteiger partial charge in [0.1, 0.15) is 0 Å². The highest BCUT2D eigenvalue weighted by Gasteiger charge is 2.17. The monoisotopic (exact) mass is 309 g/mol. The lowest BCUT2D eigenvalue weighted by Gasteiger charge is -2.16. The summed E-state index contributed by atoms with van der Waals surface area (Å²) in [6, 6.07) is 5.52. The van der Waals surface area contributed by atoms with E-state index in [1.54, 1.807) is 14.1 Å². The lowest BCUT2D eigenvalue weighted by atomic mass is 10.0. The van der Waals surface area contributed by atoms with E-state index in [9.17, 15) is 4.79 Å². The number of hydrogen-bond donors (Lipinski definition) is 2. The van der Waals surface area contributed by atoms with Crippen LogP contribution in [0.1, 0.15) is 5.56 Å². The molecule has 4 nitrogen and oxygen atoms in total. The highest BCUT2D eigenvalue weighted by Crippen LogP contribution is 2.23. The number of nitrogens with two attached hydrogens (primary N) is 1. The summed E-state index contributed by atoms with van der Waals surface area (Å²) in [4.78, 5) is 16.5. The number of halogens is 1. The number of aromatic amines is 1. The quantitative estimate of drug-likeness (QED) is 0.909. The molecule has 1 aromatic carbocycles. The molecular formula is C13H16BrN3O. The van der Waals surface area contributed by atoms with Crippen LogP contribution in [0.3, 0.4) is 0 Å². The van der Waals surface area contributed by atoms with Crippen LogP contribution in [0.15, 0.2) is 28.9 Å². The van der Waals surface area contributed by atoms with Gasteiger partial charge >= 0.3 is 0 Å². The van der Waals surface area contributed by atoms with Crippen molar-refractivity contribution in [2.24, 2.45) is 5.73 Å². The van der Waals surface area contributed by atoms with E-state index < -0.39 is 6.04 Å². The predicted molar refractivity (Wildman–Crippen MR) is 76.4 cm³/mol. The number of nitrogens with zero attached hydrogens (tertiary/aromatic N) is 1. The number of carbonyl (C=O) groups excluding carboxylic acids is 1. The second kappa shape index (κ2) is 5.12. The van der Waals surface area contributed by atoms with Crippen LogP contribution in [0, 0.1) is 0 Å². The van der Waals surface area contributed by atoms with Crippen LogP contribution in [-0.2, 0) is 11.2 Å². The fourth-order valence-electron chi connectivity index (χ4n) is 1.98. The number of H-pyrrole nitrogens is 1. The largest absolute Gasteiger partial charge is 0.361 e. The highest BCUT2D eigenvalue weighted by atomic mass is 79.9. The SMILES string of the molecule is CN(C)C(=O)[C@H](N)Cc1c[nH]c2ccc(Br)cc12. The minimum absolute atomic E-state index is 0.0562. The fraction of sp³-hybridized carbons (Fsp3) is 0.308. The first-order chi connectivity index (χ1) is 8.49. The Morgan fingerprint density at radius 1 is 1.50 bits per heavy atom. The van der Waals surface area contributed by atoms with Crippen LogP contribution < -0.4 is 5.73 Å². The summed E-state index contributed by atoms with van der Waals surface area (Å²) < 4.78 is 1.02. The summed E-state index contributed by atoms with van der Waals surface area (Å²) in [6.45, 7) is 0. The molecule has 1 aromatic heterocycles. The van der Waals surface area contributed by atoms with Gasteiger partial charge in [0.15, 0.2) is 0 Å². The number of rotatable bonds is 3. The van der Waals surface area contributed by atoms with Crippen LogP contribution in [0.5, 0.6) is 0 Å². The van der Waals surface area contributed by atoms with Gasteiger partial charge in [-0.15, -0.1) is 0 Å². The zero-order chi connectivity index (χ0) is 13.3. The van der Waals surface area contributed by atoms with Crippen molar-refractivity contribution in [2.75, 3.05) is 14.1 Å². The van der Waals surface area contributed by atoms with Crippen LogP contribution in [0.2, 0.25) is 0 Å². The van der Waals surface area contributed by atoms with E-state index in [4.69, 9.17) is 5.73 Å². The number of aromatic nitrogens is 1. The maximum absolute atomic E-state index is 11.8. The number of nitrogens with one attached hydrogen (secondary N) is 1. The van der Waals surface area contributed by atoms with E-state index >= 15 is 0 Å². The molecule has 0 saturated carbocycles. The van der Waals surface area contributed by atoms with Crippen molar-refractivity contribution in [3.05, 3.63) is 34.4 Å². The number of fused-ring (bicyclic) bond motifs is 1. The number of amides is 1. The Kier molecular flexibility index (Phi) is 3.73. The molecule has 5 heteroatoms. The molecule has 0 saturated heterocycles. The molecule has 2 aromatic rings. The minimum atomic E-state index is -0.502. The van der Waals surface area contributed by atoms with Gasteiger partial charge in [-0.05, 0) is 30.2 Å². The maximum Gasteiger partial charge on any atom is 0.239 e. The first-order valence-corrected chi connectivity index (χ1v) is 6.50. The molecule has 0 aliphatic heterocycles. The highest BCUT2D eigenvalue weighted by molar-refractivity contribution is 9.10. The van der Waals surface area contributed by atoms with E-state index in [-0.39, 0.29) is 5.91 Å². The smallest absolute Gasteiger partial charge is 0.239 e. The Hall–Kier alpha value is -1.33. The van der Waals surface area contributed by atoms with Gasteiger partial charge in [0, 0.05) is 35.7 Å². The Bertz CT molecular complexity index is 577. The van der Waals surface area contributed by atoms with Crippen molar-refractivity contribution >= 4 is 32.7 Å². The topological polar surface area (TPSA) is 62.1 Å². The second-order valence-electron chi connectivity index (χ2n) is 4.55. The first kappa shape index (κ1) is 13.1. The molecule has 0 unspecified atom stereocenters. The molecule has 96 valence electrons. The normalized spacial score (nSPS) is 12.7. The van der Waals surface area contributed by atoms with Gasteiger partial charge in [-0.1, -0.05) is 15.9 Å². The lowest BCUT2D eigenvalue weighted by Crippen LogP contribution is -2.41. The molecule has 0 radical (unpaired) electrons. The van der Waals surface area contributed by atoms with Crippen LogP contribution in [0.4, 0.5) is 0 Å². The molecule has 18 heavy (non-hydrogen) atoms. The molecule has 0 spiro atoms. The first-order valence-electron chi connectivity index (χ1n) is 5.71. The minimum Gasteiger partial charge on any atom is -0.361 e. The van der Waals surface area contributed by atoms with Gasteiger partial charge in [0.25, 0.3) is 0 Å². The van der Waals surface area contributed by atoms with E-state index in [0.29, 0.717) is 6.42 Å². The lowest BCUT2D eigenvalue weighted by molar-refractivity contribution is -0.130. The van der Waals surface area contributed by atoms with Crippen molar-refractivity contribution in [3.8, 4) is 0 Å².